The number of aromatic carboxylic acids is 1. The third-order valence-corrected chi connectivity index (χ3v) is 1.59. The summed E-state index contributed by atoms with van der Waals surface area (Å²) in [6.07, 6.45) is 0. The molecule has 1 rings (SSSR count). The molecule has 0 amide bonds. The van der Waals surface area contributed by atoms with Gasteiger partial charge in [-0.25, -0.2) is 9.78 Å². The number of pyridine rings is 1. The smallest absolute Gasteiger partial charge is 0.335 e. The zero-order chi connectivity index (χ0) is 9.84. The van der Waals surface area contributed by atoms with E-state index >= 15 is 0 Å². The standard InChI is InChI=1S/C8H9ClN2O2/c1-2-10-7-4-5(8(12)13)3-6(9)11-7/h3-4H,2H2,1H3,(H,10,11)(H,12,13). The second-order valence-electron chi connectivity index (χ2n) is 2.40. The van der Waals surface area contributed by atoms with Crippen LogP contribution in [0.2, 0.25) is 5.15 Å². The molecule has 0 bridgehead atoms. The van der Waals surface area contributed by atoms with Gasteiger partial charge >= 0.3 is 5.97 Å². The Morgan fingerprint density at radius 1 is 1.69 bits per heavy atom. The molecular weight excluding hydrogens is 192 g/mol. The average molecular weight is 201 g/mol. The minimum atomic E-state index is -1.01. The van der Waals surface area contributed by atoms with E-state index in [0.717, 1.165) is 0 Å². The highest BCUT2D eigenvalue weighted by atomic mass is 35.5. The molecule has 13 heavy (non-hydrogen) atoms. The normalized spacial score (nSPS) is 9.69. The molecule has 0 spiro atoms. The van der Waals surface area contributed by atoms with Crippen molar-refractivity contribution >= 4 is 23.4 Å². The van der Waals surface area contributed by atoms with E-state index in [4.69, 9.17) is 16.7 Å². The summed E-state index contributed by atoms with van der Waals surface area (Å²) in [5, 5.41) is 11.7. The maximum atomic E-state index is 10.6. The third-order valence-electron chi connectivity index (χ3n) is 1.40. The first kappa shape index (κ1) is 9.80. The lowest BCUT2D eigenvalue weighted by Gasteiger charge is -2.03. The maximum absolute atomic E-state index is 10.6. The molecule has 0 atom stereocenters. The Hall–Kier alpha value is -1.29. The number of anilines is 1. The Morgan fingerprint density at radius 2 is 2.38 bits per heavy atom. The van der Waals surface area contributed by atoms with E-state index in [9.17, 15) is 4.79 Å². The van der Waals surface area contributed by atoms with Gasteiger partial charge in [0.2, 0.25) is 0 Å². The van der Waals surface area contributed by atoms with Crippen molar-refractivity contribution < 1.29 is 9.90 Å². The van der Waals surface area contributed by atoms with Gasteiger partial charge < -0.3 is 10.4 Å². The van der Waals surface area contributed by atoms with Crippen molar-refractivity contribution in [1.29, 1.82) is 0 Å². The molecule has 5 heteroatoms. The Morgan fingerprint density at radius 3 is 2.92 bits per heavy atom. The largest absolute Gasteiger partial charge is 0.478 e. The summed E-state index contributed by atoms with van der Waals surface area (Å²) in [7, 11) is 0. The quantitative estimate of drug-likeness (QED) is 0.732. The second-order valence-corrected chi connectivity index (χ2v) is 2.79. The van der Waals surface area contributed by atoms with E-state index in [1.54, 1.807) is 0 Å². The van der Waals surface area contributed by atoms with Crippen molar-refractivity contribution in [2.24, 2.45) is 0 Å². The Bertz CT molecular complexity index is 328. The summed E-state index contributed by atoms with van der Waals surface area (Å²) >= 11 is 5.62. The van der Waals surface area contributed by atoms with Crippen LogP contribution in [0.1, 0.15) is 17.3 Å². The fourth-order valence-electron chi connectivity index (χ4n) is 0.892. The summed E-state index contributed by atoms with van der Waals surface area (Å²) in [5.74, 6) is -0.532. The first-order chi connectivity index (χ1) is 6.13. The van der Waals surface area contributed by atoms with E-state index in [0.29, 0.717) is 12.4 Å². The van der Waals surface area contributed by atoms with Gasteiger partial charge in [0.1, 0.15) is 11.0 Å². The highest BCUT2D eigenvalue weighted by Gasteiger charge is 2.06. The van der Waals surface area contributed by atoms with E-state index in [1.807, 2.05) is 6.92 Å². The van der Waals surface area contributed by atoms with Crippen LogP contribution < -0.4 is 5.32 Å². The van der Waals surface area contributed by atoms with Gasteiger partial charge in [0.25, 0.3) is 0 Å². The molecule has 0 fully saturated rings. The number of aromatic nitrogens is 1. The van der Waals surface area contributed by atoms with Crippen molar-refractivity contribution in [2.45, 2.75) is 6.92 Å². The van der Waals surface area contributed by atoms with Crippen LogP contribution in [0.5, 0.6) is 0 Å². The van der Waals surface area contributed by atoms with Crippen molar-refractivity contribution in [2.75, 3.05) is 11.9 Å². The molecular formula is C8H9ClN2O2. The van der Waals surface area contributed by atoms with Gasteiger partial charge in [0.05, 0.1) is 5.56 Å². The van der Waals surface area contributed by atoms with Crippen LogP contribution in [-0.2, 0) is 0 Å². The zero-order valence-electron chi connectivity index (χ0n) is 7.04. The number of hydrogen-bond acceptors (Lipinski definition) is 3. The Balaban J connectivity index is 3.03. The number of halogens is 1. The fraction of sp³-hybridized carbons (Fsp3) is 0.250. The van der Waals surface area contributed by atoms with Crippen LogP contribution in [0.3, 0.4) is 0 Å². The molecule has 0 saturated carbocycles. The fourth-order valence-corrected chi connectivity index (χ4v) is 1.10. The van der Waals surface area contributed by atoms with Crippen LogP contribution >= 0.6 is 11.6 Å². The summed E-state index contributed by atoms with van der Waals surface area (Å²) in [5.41, 5.74) is 0.135. The van der Waals surface area contributed by atoms with Gasteiger partial charge in [-0.2, -0.15) is 0 Å². The predicted molar refractivity (Wildman–Crippen MR) is 50.4 cm³/mol. The molecule has 0 aliphatic rings. The van der Waals surface area contributed by atoms with Gasteiger partial charge in [-0.1, -0.05) is 11.6 Å². The van der Waals surface area contributed by atoms with Gasteiger partial charge in [-0.05, 0) is 19.1 Å². The van der Waals surface area contributed by atoms with Crippen molar-refractivity contribution in [3.05, 3.63) is 22.8 Å². The van der Waals surface area contributed by atoms with E-state index < -0.39 is 5.97 Å². The van der Waals surface area contributed by atoms with Crippen LogP contribution in [0, 0.1) is 0 Å². The van der Waals surface area contributed by atoms with Gasteiger partial charge in [0.15, 0.2) is 0 Å². The minimum absolute atomic E-state index is 0.135. The van der Waals surface area contributed by atoms with Crippen molar-refractivity contribution in [1.82, 2.24) is 4.98 Å². The maximum Gasteiger partial charge on any atom is 0.335 e. The van der Waals surface area contributed by atoms with Crippen LogP contribution in [0.4, 0.5) is 5.82 Å². The molecule has 0 aromatic carbocycles. The SMILES string of the molecule is CCNc1cc(C(=O)O)cc(Cl)n1. The molecule has 1 heterocycles. The topological polar surface area (TPSA) is 62.2 Å². The summed E-state index contributed by atoms with van der Waals surface area (Å²) in [6.45, 7) is 2.56. The van der Waals surface area contributed by atoms with Crippen LogP contribution in [-0.4, -0.2) is 22.6 Å². The molecule has 0 saturated heterocycles. The number of nitrogens with one attached hydrogen (secondary N) is 1. The van der Waals surface area contributed by atoms with Gasteiger partial charge in [0, 0.05) is 6.54 Å². The zero-order valence-corrected chi connectivity index (χ0v) is 7.80. The van der Waals surface area contributed by atoms with Crippen molar-refractivity contribution in [3.8, 4) is 0 Å². The first-order valence-corrected chi connectivity index (χ1v) is 4.16. The molecule has 1 aromatic heterocycles. The van der Waals surface area contributed by atoms with E-state index in [-0.39, 0.29) is 10.7 Å². The van der Waals surface area contributed by atoms with Gasteiger partial charge in [-0.3, -0.25) is 0 Å². The highest BCUT2D eigenvalue weighted by Crippen LogP contribution is 2.14. The average Bonchev–Trinajstić information content (AvgIpc) is 2.03. The molecule has 4 nitrogen and oxygen atoms in total. The lowest BCUT2D eigenvalue weighted by molar-refractivity contribution is 0.0697. The number of carboxylic acids is 1. The lowest BCUT2D eigenvalue weighted by atomic mass is 10.2. The summed E-state index contributed by atoms with van der Waals surface area (Å²) in [6, 6.07) is 2.75. The summed E-state index contributed by atoms with van der Waals surface area (Å²) in [4.78, 5) is 14.5. The number of carboxylic acid groups (broad SMARTS) is 1. The number of rotatable bonds is 3. The third kappa shape index (κ3) is 2.59. The molecule has 2 N–H and O–H groups in total. The Kier molecular flexibility index (Phi) is 3.08. The van der Waals surface area contributed by atoms with Crippen LogP contribution in [0.25, 0.3) is 0 Å². The van der Waals surface area contributed by atoms with E-state index in [1.165, 1.54) is 12.1 Å². The van der Waals surface area contributed by atoms with Crippen molar-refractivity contribution in [3.63, 3.8) is 0 Å². The molecule has 1 aromatic rings. The van der Waals surface area contributed by atoms with E-state index in [2.05, 4.69) is 10.3 Å². The second kappa shape index (κ2) is 4.09. The first-order valence-electron chi connectivity index (χ1n) is 3.78. The molecule has 70 valence electrons. The molecule has 0 radical (unpaired) electrons. The lowest BCUT2D eigenvalue weighted by Crippen LogP contribution is -2.03. The summed E-state index contributed by atoms with van der Waals surface area (Å²) < 4.78 is 0. The number of nitrogens with zero attached hydrogens (tertiary/aromatic N) is 1. The van der Waals surface area contributed by atoms with Crippen LogP contribution in [0.15, 0.2) is 12.1 Å². The molecule has 0 aliphatic carbocycles. The number of hydrogen-bond donors (Lipinski definition) is 2. The number of carbonyl (C=O) groups is 1. The monoisotopic (exact) mass is 200 g/mol. The molecule has 0 aliphatic heterocycles. The van der Waals surface area contributed by atoms with Gasteiger partial charge in [-0.15, -0.1) is 0 Å². The molecule has 0 unspecified atom stereocenters. The predicted octanol–water partition coefficient (Wildman–Crippen LogP) is 1.86. The minimum Gasteiger partial charge on any atom is -0.478 e. The Labute approximate surface area is 80.6 Å². The highest BCUT2D eigenvalue weighted by molar-refractivity contribution is 6.29.